The van der Waals surface area contributed by atoms with Crippen molar-refractivity contribution in [3.8, 4) is 0 Å². The first kappa shape index (κ1) is 17.3. The summed E-state index contributed by atoms with van der Waals surface area (Å²) < 4.78 is 36.9. The van der Waals surface area contributed by atoms with Gasteiger partial charge in [0, 0.05) is 19.6 Å². The third kappa shape index (κ3) is 5.64. The summed E-state index contributed by atoms with van der Waals surface area (Å²) in [5.74, 6) is 0.0441. The van der Waals surface area contributed by atoms with Gasteiger partial charge < -0.3 is 15.7 Å². The monoisotopic (exact) mass is 323 g/mol. The van der Waals surface area contributed by atoms with Crippen LogP contribution in [0, 0.1) is 5.92 Å². The quantitative estimate of drug-likeness (QED) is 0.718. The fourth-order valence-electron chi connectivity index (χ4n) is 3.23. The van der Waals surface area contributed by atoms with Crippen LogP contribution >= 0.6 is 0 Å². The molecule has 1 aliphatic carbocycles. The van der Waals surface area contributed by atoms with E-state index in [0.717, 1.165) is 12.8 Å². The third-order valence-corrected chi connectivity index (χ3v) is 4.44. The Balaban J connectivity index is 1.61. The highest BCUT2D eigenvalue weighted by Gasteiger charge is 2.34. The van der Waals surface area contributed by atoms with Crippen molar-refractivity contribution in [3.05, 3.63) is 0 Å². The van der Waals surface area contributed by atoms with Crippen LogP contribution in [0.3, 0.4) is 0 Å². The molecule has 0 aromatic carbocycles. The van der Waals surface area contributed by atoms with E-state index in [1.54, 1.807) is 0 Å². The predicted octanol–water partition coefficient (Wildman–Crippen LogP) is 1.47. The number of nitrogens with one attached hydrogen (secondary N) is 2. The summed E-state index contributed by atoms with van der Waals surface area (Å²) in [5.41, 5.74) is -0.797. The number of rotatable bonds is 5. The van der Waals surface area contributed by atoms with E-state index >= 15 is 0 Å². The lowest BCUT2D eigenvalue weighted by Crippen LogP contribution is -2.46. The summed E-state index contributed by atoms with van der Waals surface area (Å²) in [5, 5.41) is 15.4. The molecule has 22 heavy (non-hydrogen) atoms. The first-order valence-electron chi connectivity index (χ1n) is 7.79. The molecular weight excluding hydrogens is 299 g/mol. The minimum absolute atomic E-state index is 0.0441. The van der Waals surface area contributed by atoms with Crippen molar-refractivity contribution in [3.63, 3.8) is 0 Å². The standard InChI is InChI=1S/C14H24F3N3O2/c15-14(16,17)10-20-6-3-11(8-20)7-18-12(21)19-9-13(22)4-1-2-5-13/h11,22H,1-10H2,(H2,18,19,21). The molecule has 0 radical (unpaired) electrons. The number of carbonyl (C=O) groups is 1. The Morgan fingerprint density at radius 2 is 1.95 bits per heavy atom. The number of hydrogen-bond donors (Lipinski definition) is 3. The van der Waals surface area contributed by atoms with Crippen LogP contribution in [0.2, 0.25) is 0 Å². The SMILES string of the molecule is O=C(NCC1CCN(CC(F)(F)F)C1)NCC1(O)CCCC1. The summed E-state index contributed by atoms with van der Waals surface area (Å²) in [6, 6.07) is -0.366. The minimum Gasteiger partial charge on any atom is -0.388 e. The second-order valence-corrected chi connectivity index (χ2v) is 6.50. The van der Waals surface area contributed by atoms with E-state index in [0.29, 0.717) is 38.9 Å². The highest BCUT2D eigenvalue weighted by molar-refractivity contribution is 5.73. The Hall–Kier alpha value is -1.02. The van der Waals surface area contributed by atoms with E-state index < -0.39 is 18.3 Å². The number of carbonyl (C=O) groups excluding carboxylic acids is 1. The van der Waals surface area contributed by atoms with Crippen LogP contribution < -0.4 is 10.6 Å². The molecule has 0 aromatic heterocycles. The van der Waals surface area contributed by atoms with Crippen molar-refractivity contribution >= 4 is 6.03 Å². The molecule has 0 bridgehead atoms. The van der Waals surface area contributed by atoms with E-state index in [2.05, 4.69) is 10.6 Å². The third-order valence-electron chi connectivity index (χ3n) is 4.44. The Morgan fingerprint density at radius 3 is 2.59 bits per heavy atom. The molecule has 128 valence electrons. The smallest absolute Gasteiger partial charge is 0.388 e. The van der Waals surface area contributed by atoms with Crippen molar-refractivity contribution in [1.29, 1.82) is 0 Å². The predicted molar refractivity (Wildman–Crippen MR) is 75.4 cm³/mol. The molecule has 1 heterocycles. The molecule has 2 aliphatic rings. The molecule has 8 heteroatoms. The van der Waals surface area contributed by atoms with Gasteiger partial charge in [-0.1, -0.05) is 12.8 Å². The van der Waals surface area contributed by atoms with Crippen LogP contribution in [0.4, 0.5) is 18.0 Å². The summed E-state index contributed by atoms with van der Waals surface area (Å²) in [6.45, 7) is 0.460. The van der Waals surface area contributed by atoms with Gasteiger partial charge in [-0.2, -0.15) is 13.2 Å². The average Bonchev–Trinajstić information content (AvgIpc) is 3.02. The molecule has 1 saturated carbocycles. The molecule has 1 unspecified atom stereocenters. The van der Waals surface area contributed by atoms with Crippen LogP contribution in [0.1, 0.15) is 32.1 Å². The minimum atomic E-state index is -4.17. The zero-order chi connectivity index (χ0) is 16.2. The lowest BCUT2D eigenvalue weighted by atomic mass is 10.0. The molecule has 1 aliphatic heterocycles. The molecule has 2 fully saturated rings. The van der Waals surface area contributed by atoms with E-state index in [4.69, 9.17) is 0 Å². The molecule has 5 nitrogen and oxygen atoms in total. The highest BCUT2D eigenvalue weighted by atomic mass is 19.4. The number of aliphatic hydroxyl groups is 1. The van der Waals surface area contributed by atoms with E-state index in [-0.39, 0.29) is 18.5 Å². The molecule has 3 N–H and O–H groups in total. The van der Waals surface area contributed by atoms with E-state index in [1.807, 2.05) is 0 Å². The number of amides is 2. The molecule has 2 amide bonds. The van der Waals surface area contributed by atoms with Crippen molar-refractivity contribution in [1.82, 2.24) is 15.5 Å². The van der Waals surface area contributed by atoms with Crippen molar-refractivity contribution < 1.29 is 23.1 Å². The summed E-state index contributed by atoms with van der Waals surface area (Å²) in [7, 11) is 0. The van der Waals surface area contributed by atoms with Crippen LogP contribution in [-0.2, 0) is 0 Å². The molecule has 2 rings (SSSR count). The molecule has 0 spiro atoms. The zero-order valence-corrected chi connectivity index (χ0v) is 12.6. The summed E-state index contributed by atoms with van der Waals surface area (Å²) in [6.07, 6.45) is -0.185. The van der Waals surface area contributed by atoms with E-state index in [9.17, 15) is 23.1 Å². The number of hydrogen-bond acceptors (Lipinski definition) is 3. The van der Waals surface area contributed by atoms with Gasteiger partial charge in [-0.05, 0) is 31.7 Å². The van der Waals surface area contributed by atoms with Gasteiger partial charge in [0.25, 0.3) is 0 Å². The van der Waals surface area contributed by atoms with Crippen LogP contribution in [0.5, 0.6) is 0 Å². The van der Waals surface area contributed by atoms with Crippen LogP contribution in [0.15, 0.2) is 0 Å². The van der Waals surface area contributed by atoms with Crippen LogP contribution in [0.25, 0.3) is 0 Å². The maximum absolute atomic E-state index is 12.3. The van der Waals surface area contributed by atoms with Crippen LogP contribution in [-0.4, -0.2) is 60.5 Å². The van der Waals surface area contributed by atoms with Gasteiger partial charge in [0.1, 0.15) is 0 Å². The molecule has 1 atom stereocenters. The summed E-state index contributed by atoms with van der Waals surface area (Å²) >= 11 is 0. The lowest BCUT2D eigenvalue weighted by molar-refractivity contribution is -0.143. The van der Waals surface area contributed by atoms with Gasteiger partial charge in [0.05, 0.1) is 12.1 Å². The summed E-state index contributed by atoms with van der Waals surface area (Å²) in [4.78, 5) is 13.0. The van der Waals surface area contributed by atoms with Crippen molar-refractivity contribution in [2.75, 3.05) is 32.7 Å². The van der Waals surface area contributed by atoms with E-state index in [1.165, 1.54) is 4.90 Å². The van der Waals surface area contributed by atoms with Gasteiger partial charge in [0.15, 0.2) is 0 Å². The molecular formula is C14H24F3N3O2. The normalized spacial score (nSPS) is 25.4. The number of alkyl halides is 3. The van der Waals surface area contributed by atoms with Gasteiger partial charge in [-0.15, -0.1) is 0 Å². The van der Waals surface area contributed by atoms with Gasteiger partial charge in [-0.25, -0.2) is 4.79 Å². The number of likely N-dealkylation sites (tertiary alicyclic amines) is 1. The van der Waals surface area contributed by atoms with Crippen molar-refractivity contribution in [2.45, 2.75) is 43.9 Å². The molecule has 0 aromatic rings. The fraction of sp³-hybridized carbons (Fsp3) is 0.929. The Morgan fingerprint density at radius 1 is 1.27 bits per heavy atom. The maximum atomic E-state index is 12.3. The van der Waals surface area contributed by atoms with Crippen molar-refractivity contribution in [2.24, 2.45) is 5.92 Å². The highest BCUT2D eigenvalue weighted by Crippen LogP contribution is 2.28. The molecule has 1 saturated heterocycles. The maximum Gasteiger partial charge on any atom is 0.401 e. The van der Waals surface area contributed by atoms with Gasteiger partial charge >= 0.3 is 12.2 Å². The first-order chi connectivity index (χ1) is 10.3. The lowest BCUT2D eigenvalue weighted by Gasteiger charge is -2.22. The number of urea groups is 1. The van der Waals surface area contributed by atoms with Gasteiger partial charge in [-0.3, -0.25) is 4.90 Å². The first-order valence-corrected chi connectivity index (χ1v) is 7.79. The zero-order valence-electron chi connectivity index (χ0n) is 12.6. The number of halogens is 3. The second-order valence-electron chi connectivity index (χ2n) is 6.50. The topological polar surface area (TPSA) is 64.6 Å². The number of nitrogens with zero attached hydrogens (tertiary/aromatic N) is 1. The van der Waals surface area contributed by atoms with Gasteiger partial charge in [0.2, 0.25) is 0 Å². The largest absolute Gasteiger partial charge is 0.401 e. The Labute approximate surface area is 128 Å². The Kier molecular flexibility index (Phi) is 5.55. The Bertz CT molecular complexity index is 384. The fourth-order valence-corrected chi connectivity index (χ4v) is 3.23. The second kappa shape index (κ2) is 7.04. The average molecular weight is 323 g/mol.